The van der Waals surface area contributed by atoms with Crippen molar-refractivity contribution in [3.05, 3.63) is 0 Å². The maximum Gasteiger partial charge on any atom is 0.226 e. The number of ether oxygens (including phenoxy) is 1. The third kappa shape index (κ3) is 4.01. The van der Waals surface area contributed by atoms with Gasteiger partial charge in [-0.1, -0.05) is 12.8 Å². The smallest absolute Gasteiger partial charge is 0.226 e. The van der Waals surface area contributed by atoms with Gasteiger partial charge >= 0.3 is 0 Å². The van der Waals surface area contributed by atoms with Crippen LogP contribution in [0.2, 0.25) is 0 Å². The number of methoxy groups -OCH3 is 1. The molecule has 0 radical (unpaired) electrons. The molecule has 0 unspecified atom stereocenters. The minimum absolute atomic E-state index is 0.0327. The SMILES string of the molecule is COC(C)(C)CC(=O)N(CC#N)C1CCCC1. The summed E-state index contributed by atoms with van der Waals surface area (Å²) in [5.74, 6) is 0.0327. The van der Waals surface area contributed by atoms with Crippen molar-refractivity contribution in [2.75, 3.05) is 13.7 Å². The van der Waals surface area contributed by atoms with Crippen molar-refractivity contribution >= 4 is 5.91 Å². The zero-order valence-corrected chi connectivity index (χ0v) is 11.0. The molecule has 1 rings (SSSR count). The van der Waals surface area contributed by atoms with Crippen LogP contribution in [0.4, 0.5) is 0 Å². The molecule has 0 aromatic heterocycles. The van der Waals surface area contributed by atoms with Crippen LogP contribution in [0.3, 0.4) is 0 Å². The molecular formula is C13H22N2O2. The van der Waals surface area contributed by atoms with Crippen LogP contribution in [0.5, 0.6) is 0 Å². The second kappa shape index (κ2) is 6.02. The van der Waals surface area contributed by atoms with Crippen molar-refractivity contribution in [2.45, 2.75) is 57.6 Å². The molecule has 0 N–H and O–H groups in total. The van der Waals surface area contributed by atoms with Crippen molar-refractivity contribution in [3.8, 4) is 6.07 Å². The Labute approximate surface area is 104 Å². The fourth-order valence-electron chi connectivity index (χ4n) is 2.25. The first-order valence-electron chi connectivity index (χ1n) is 6.22. The monoisotopic (exact) mass is 238 g/mol. The van der Waals surface area contributed by atoms with Crippen molar-refractivity contribution in [2.24, 2.45) is 0 Å². The van der Waals surface area contributed by atoms with Gasteiger partial charge in [0.25, 0.3) is 0 Å². The summed E-state index contributed by atoms with van der Waals surface area (Å²) in [6.45, 7) is 3.98. The van der Waals surface area contributed by atoms with Gasteiger partial charge in [-0.15, -0.1) is 0 Å². The van der Waals surface area contributed by atoms with Crippen LogP contribution in [0, 0.1) is 11.3 Å². The normalized spacial score (nSPS) is 16.8. The van der Waals surface area contributed by atoms with Gasteiger partial charge in [-0.05, 0) is 26.7 Å². The number of hydrogen-bond donors (Lipinski definition) is 0. The lowest BCUT2D eigenvalue weighted by Gasteiger charge is -2.30. The number of rotatable bonds is 5. The Morgan fingerprint density at radius 1 is 1.47 bits per heavy atom. The quantitative estimate of drug-likeness (QED) is 0.689. The number of nitriles is 1. The van der Waals surface area contributed by atoms with E-state index in [2.05, 4.69) is 6.07 Å². The van der Waals surface area contributed by atoms with Crippen molar-refractivity contribution < 1.29 is 9.53 Å². The molecule has 0 atom stereocenters. The first-order chi connectivity index (χ1) is 8.00. The van der Waals surface area contributed by atoms with Crippen molar-refractivity contribution in [1.82, 2.24) is 4.90 Å². The molecule has 0 saturated heterocycles. The largest absolute Gasteiger partial charge is 0.378 e. The van der Waals surface area contributed by atoms with E-state index in [1.807, 2.05) is 13.8 Å². The van der Waals surface area contributed by atoms with Crippen LogP contribution in [0.15, 0.2) is 0 Å². The molecule has 0 heterocycles. The molecule has 1 amide bonds. The lowest BCUT2D eigenvalue weighted by atomic mass is 10.0. The van der Waals surface area contributed by atoms with Crippen LogP contribution in [-0.4, -0.2) is 36.1 Å². The first kappa shape index (κ1) is 14.0. The maximum atomic E-state index is 12.2. The highest BCUT2D eigenvalue weighted by Gasteiger charge is 2.30. The van der Waals surface area contributed by atoms with Gasteiger partial charge in [-0.2, -0.15) is 5.26 Å². The molecule has 0 aromatic rings. The van der Waals surface area contributed by atoms with Gasteiger partial charge < -0.3 is 9.64 Å². The third-order valence-electron chi connectivity index (χ3n) is 3.46. The first-order valence-corrected chi connectivity index (χ1v) is 6.22. The van der Waals surface area contributed by atoms with Gasteiger partial charge in [-0.3, -0.25) is 4.79 Å². The van der Waals surface area contributed by atoms with Gasteiger partial charge in [0, 0.05) is 13.2 Å². The van der Waals surface area contributed by atoms with Gasteiger partial charge in [0.2, 0.25) is 5.91 Å². The number of carbonyl (C=O) groups excluding carboxylic acids is 1. The minimum atomic E-state index is -0.455. The molecule has 1 aliphatic carbocycles. The van der Waals surface area contributed by atoms with Gasteiger partial charge in [0.1, 0.15) is 6.54 Å². The topological polar surface area (TPSA) is 53.3 Å². The summed E-state index contributed by atoms with van der Waals surface area (Å²) in [4.78, 5) is 13.9. The summed E-state index contributed by atoms with van der Waals surface area (Å²) in [6.07, 6.45) is 4.71. The number of nitrogens with zero attached hydrogens (tertiary/aromatic N) is 2. The Balaban J connectivity index is 2.64. The Hall–Kier alpha value is -1.08. The van der Waals surface area contributed by atoms with E-state index in [1.54, 1.807) is 12.0 Å². The highest BCUT2D eigenvalue weighted by Crippen LogP contribution is 2.25. The van der Waals surface area contributed by atoms with Crippen LogP contribution < -0.4 is 0 Å². The Bertz CT molecular complexity index is 301. The molecular weight excluding hydrogens is 216 g/mol. The van der Waals surface area contributed by atoms with E-state index < -0.39 is 5.60 Å². The summed E-state index contributed by atoms with van der Waals surface area (Å²) >= 11 is 0. The number of carbonyl (C=O) groups is 1. The van der Waals surface area contributed by atoms with E-state index in [1.165, 1.54) is 0 Å². The van der Waals surface area contributed by atoms with E-state index in [4.69, 9.17) is 10.00 Å². The van der Waals surface area contributed by atoms with Gasteiger partial charge in [-0.25, -0.2) is 0 Å². The standard InChI is InChI=1S/C13H22N2O2/c1-13(2,17-3)10-12(16)15(9-8-14)11-6-4-5-7-11/h11H,4-7,9-10H2,1-3H3. The predicted octanol–water partition coefficient (Wildman–Crippen LogP) is 2.10. The highest BCUT2D eigenvalue weighted by atomic mass is 16.5. The highest BCUT2D eigenvalue weighted by molar-refractivity contribution is 5.77. The van der Waals surface area contributed by atoms with Gasteiger partial charge in [0.15, 0.2) is 0 Å². The summed E-state index contributed by atoms with van der Waals surface area (Å²) in [6, 6.07) is 2.35. The van der Waals surface area contributed by atoms with Crippen LogP contribution >= 0.6 is 0 Å². The van der Waals surface area contributed by atoms with Crippen LogP contribution in [0.25, 0.3) is 0 Å². The fraction of sp³-hybridized carbons (Fsp3) is 0.846. The Morgan fingerprint density at radius 2 is 2.06 bits per heavy atom. The molecule has 1 saturated carbocycles. The number of amides is 1. The zero-order chi connectivity index (χ0) is 12.9. The predicted molar refractivity (Wildman–Crippen MR) is 65.3 cm³/mol. The van der Waals surface area contributed by atoms with Crippen molar-refractivity contribution in [1.29, 1.82) is 5.26 Å². The lowest BCUT2D eigenvalue weighted by Crippen LogP contribution is -2.42. The van der Waals surface area contributed by atoms with E-state index in [9.17, 15) is 4.79 Å². The fourth-order valence-corrected chi connectivity index (χ4v) is 2.25. The Morgan fingerprint density at radius 3 is 2.53 bits per heavy atom. The van der Waals surface area contributed by atoms with Crippen LogP contribution in [-0.2, 0) is 9.53 Å². The second-order valence-electron chi connectivity index (χ2n) is 5.26. The summed E-state index contributed by atoms with van der Waals surface area (Å²) in [5, 5.41) is 8.83. The lowest BCUT2D eigenvalue weighted by molar-refractivity contribution is -0.138. The molecule has 17 heavy (non-hydrogen) atoms. The summed E-state index contributed by atoms with van der Waals surface area (Å²) in [7, 11) is 1.61. The van der Waals surface area contributed by atoms with E-state index in [0.29, 0.717) is 6.42 Å². The number of hydrogen-bond acceptors (Lipinski definition) is 3. The zero-order valence-electron chi connectivity index (χ0n) is 11.0. The molecule has 0 spiro atoms. The van der Waals surface area contributed by atoms with Gasteiger partial charge in [0.05, 0.1) is 18.1 Å². The average Bonchev–Trinajstić information content (AvgIpc) is 2.78. The molecule has 0 aromatic carbocycles. The molecule has 0 bridgehead atoms. The summed E-state index contributed by atoms with van der Waals surface area (Å²) < 4.78 is 5.27. The summed E-state index contributed by atoms with van der Waals surface area (Å²) in [5.41, 5.74) is -0.455. The van der Waals surface area contributed by atoms with E-state index >= 15 is 0 Å². The molecule has 4 heteroatoms. The average molecular weight is 238 g/mol. The second-order valence-corrected chi connectivity index (χ2v) is 5.26. The van der Waals surface area contributed by atoms with E-state index in [-0.39, 0.29) is 18.5 Å². The third-order valence-corrected chi connectivity index (χ3v) is 3.46. The Kier molecular flexibility index (Phi) is 4.95. The van der Waals surface area contributed by atoms with E-state index in [0.717, 1.165) is 25.7 Å². The molecule has 96 valence electrons. The molecule has 4 nitrogen and oxygen atoms in total. The molecule has 0 aliphatic heterocycles. The minimum Gasteiger partial charge on any atom is -0.378 e. The van der Waals surface area contributed by atoms with Crippen LogP contribution in [0.1, 0.15) is 46.0 Å². The molecule has 1 fully saturated rings. The maximum absolute atomic E-state index is 12.2. The molecule has 1 aliphatic rings. The van der Waals surface area contributed by atoms with Crippen molar-refractivity contribution in [3.63, 3.8) is 0 Å².